The normalized spacial score (nSPS) is 18.3. The van der Waals surface area contributed by atoms with E-state index in [1.807, 2.05) is 13.8 Å². The minimum absolute atomic E-state index is 0.0780. The van der Waals surface area contributed by atoms with Crippen LogP contribution in [0.15, 0.2) is 4.79 Å². The molecule has 0 saturated carbocycles. The van der Waals surface area contributed by atoms with Gasteiger partial charge in [-0.25, -0.2) is 4.98 Å². The molecule has 1 saturated heterocycles. The summed E-state index contributed by atoms with van der Waals surface area (Å²) in [7, 11) is 0. The van der Waals surface area contributed by atoms with Crippen molar-refractivity contribution in [1.82, 2.24) is 14.9 Å². The van der Waals surface area contributed by atoms with Crippen molar-refractivity contribution >= 4 is 27.5 Å². The van der Waals surface area contributed by atoms with Crippen LogP contribution in [0.1, 0.15) is 29.1 Å². The lowest BCUT2D eigenvalue weighted by Crippen LogP contribution is -2.32. The number of H-pyrrole nitrogens is 1. The average molecular weight is 320 g/mol. The average Bonchev–Trinajstić information content (AvgIpc) is 3.01. The molecular formula is C15H20N4O2S. The Balaban J connectivity index is 1.74. The van der Waals surface area contributed by atoms with Gasteiger partial charge in [0.05, 0.1) is 5.39 Å². The van der Waals surface area contributed by atoms with Gasteiger partial charge in [0.15, 0.2) is 0 Å². The van der Waals surface area contributed by atoms with E-state index in [0.29, 0.717) is 30.6 Å². The molecule has 0 spiro atoms. The maximum Gasteiger partial charge on any atom is 0.259 e. The molecule has 3 rings (SSSR count). The molecule has 2 aromatic heterocycles. The lowest BCUT2D eigenvalue weighted by atomic mass is 10.2. The minimum Gasteiger partial charge on any atom is -0.341 e. The molecule has 0 unspecified atom stereocenters. The zero-order chi connectivity index (χ0) is 15.9. The van der Waals surface area contributed by atoms with Gasteiger partial charge in [-0.2, -0.15) is 0 Å². The number of aryl methyl sites for hydroxylation is 3. The van der Waals surface area contributed by atoms with Gasteiger partial charge < -0.3 is 15.6 Å². The Kier molecular flexibility index (Phi) is 4.01. The van der Waals surface area contributed by atoms with Crippen molar-refractivity contribution < 1.29 is 4.79 Å². The number of carbonyl (C=O) groups is 1. The minimum atomic E-state index is -0.113. The summed E-state index contributed by atoms with van der Waals surface area (Å²) >= 11 is 1.52. The van der Waals surface area contributed by atoms with Crippen molar-refractivity contribution in [3.63, 3.8) is 0 Å². The van der Waals surface area contributed by atoms with Gasteiger partial charge in [0.2, 0.25) is 5.91 Å². The topological polar surface area (TPSA) is 92.1 Å². The predicted octanol–water partition coefficient (Wildman–Crippen LogP) is 1.09. The Morgan fingerprint density at radius 1 is 1.50 bits per heavy atom. The summed E-state index contributed by atoms with van der Waals surface area (Å²) in [6.45, 7) is 5.28. The van der Waals surface area contributed by atoms with Crippen molar-refractivity contribution in [2.75, 3.05) is 13.1 Å². The predicted molar refractivity (Wildman–Crippen MR) is 87.2 cm³/mol. The van der Waals surface area contributed by atoms with Gasteiger partial charge in [-0.05, 0) is 25.8 Å². The summed E-state index contributed by atoms with van der Waals surface area (Å²) in [5.41, 5.74) is 6.69. The number of aromatic nitrogens is 2. The molecular weight excluding hydrogens is 300 g/mol. The molecule has 22 heavy (non-hydrogen) atoms. The number of amides is 1. The summed E-state index contributed by atoms with van der Waals surface area (Å²) in [4.78, 5) is 35.3. The molecule has 3 N–H and O–H groups in total. The summed E-state index contributed by atoms with van der Waals surface area (Å²) < 4.78 is 0. The van der Waals surface area contributed by atoms with Crippen molar-refractivity contribution in [3.05, 3.63) is 26.6 Å². The number of rotatable bonds is 3. The molecule has 0 bridgehead atoms. The number of nitrogens with two attached hydrogens (primary N) is 1. The van der Waals surface area contributed by atoms with Crippen LogP contribution in [-0.4, -0.2) is 39.9 Å². The van der Waals surface area contributed by atoms with Crippen molar-refractivity contribution in [2.45, 2.75) is 39.2 Å². The molecule has 0 aliphatic carbocycles. The van der Waals surface area contributed by atoms with Gasteiger partial charge in [-0.15, -0.1) is 11.3 Å². The third-order valence-electron chi connectivity index (χ3n) is 4.24. The van der Waals surface area contributed by atoms with E-state index >= 15 is 0 Å². The Morgan fingerprint density at radius 2 is 2.27 bits per heavy atom. The first-order valence-electron chi connectivity index (χ1n) is 7.48. The Hall–Kier alpha value is -1.73. The number of carbonyl (C=O) groups excluding carboxylic acids is 1. The van der Waals surface area contributed by atoms with Crippen molar-refractivity contribution in [3.8, 4) is 0 Å². The zero-order valence-corrected chi connectivity index (χ0v) is 13.6. The molecule has 118 valence electrons. The number of thiophene rings is 1. The highest BCUT2D eigenvalue weighted by Crippen LogP contribution is 2.25. The van der Waals surface area contributed by atoms with Crippen LogP contribution in [-0.2, 0) is 11.2 Å². The third-order valence-corrected chi connectivity index (χ3v) is 5.34. The highest BCUT2D eigenvalue weighted by atomic mass is 32.1. The second-order valence-electron chi connectivity index (χ2n) is 5.86. The SMILES string of the molecule is Cc1sc2nc(CCC(=O)N3CC[C@@H](N)C3)[nH]c(=O)c2c1C. The fourth-order valence-electron chi connectivity index (χ4n) is 2.81. The van der Waals surface area contributed by atoms with Crippen LogP contribution in [0.4, 0.5) is 0 Å². The van der Waals surface area contributed by atoms with Crippen LogP contribution in [0.2, 0.25) is 0 Å². The van der Waals surface area contributed by atoms with Crippen LogP contribution in [0.5, 0.6) is 0 Å². The van der Waals surface area contributed by atoms with E-state index < -0.39 is 0 Å². The lowest BCUT2D eigenvalue weighted by Gasteiger charge is -2.15. The number of hydrogen-bond donors (Lipinski definition) is 2. The number of nitrogens with zero attached hydrogens (tertiary/aromatic N) is 2. The summed E-state index contributed by atoms with van der Waals surface area (Å²) in [6, 6.07) is 0.0929. The van der Waals surface area contributed by atoms with E-state index in [9.17, 15) is 9.59 Å². The largest absolute Gasteiger partial charge is 0.341 e. The van der Waals surface area contributed by atoms with Gasteiger partial charge in [0.25, 0.3) is 5.56 Å². The van der Waals surface area contributed by atoms with Crippen LogP contribution in [0, 0.1) is 13.8 Å². The van der Waals surface area contributed by atoms with Gasteiger partial charge in [-0.3, -0.25) is 9.59 Å². The van der Waals surface area contributed by atoms with Crippen LogP contribution in [0.3, 0.4) is 0 Å². The van der Waals surface area contributed by atoms with Crippen molar-refractivity contribution in [2.24, 2.45) is 5.73 Å². The fourth-order valence-corrected chi connectivity index (χ4v) is 3.86. The van der Waals surface area contributed by atoms with Crippen molar-refractivity contribution in [1.29, 1.82) is 0 Å². The van der Waals surface area contributed by atoms with E-state index in [2.05, 4.69) is 9.97 Å². The van der Waals surface area contributed by atoms with E-state index in [0.717, 1.165) is 28.2 Å². The maximum absolute atomic E-state index is 12.2. The summed E-state index contributed by atoms with van der Waals surface area (Å²) in [6.07, 6.45) is 1.66. The van der Waals surface area contributed by atoms with Gasteiger partial charge in [0.1, 0.15) is 10.7 Å². The summed E-state index contributed by atoms with van der Waals surface area (Å²) in [5, 5.41) is 0.670. The van der Waals surface area contributed by atoms with Crippen LogP contribution < -0.4 is 11.3 Å². The summed E-state index contributed by atoms with van der Waals surface area (Å²) in [5.74, 6) is 0.657. The smallest absolute Gasteiger partial charge is 0.259 e. The molecule has 7 heteroatoms. The van der Waals surface area contributed by atoms with E-state index in [4.69, 9.17) is 5.73 Å². The Morgan fingerprint density at radius 3 is 2.95 bits per heavy atom. The highest BCUT2D eigenvalue weighted by molar-refractivity contribution is 7.18. The Labute approximate surface area is 132 Å². The van der Waals surface area contributed by atoms with Crippen LogP contribution in [0.25, 0.3) is 10.2 Å². The maximum atomic E-state index is 12.2. The zero-order valence-electron chi connectivity index (χ0n) is 12.8. The second kappa shape index (κ2) is 5.81. The number of aromatic amines is 1. The van der Waals surface area contributed by atoms with Gasteiger partial charge >= 0.3 is 0 Å². The van der Waals surface area contributed by atoms with Gasteiger partial charge in [0, 0.05) is 36.9 Å². The molecule has 1 atom stereocenters. The lowest BCUT2D eigenvalue weighted by molar-refractivity contribution is -0.130. The number of nitrogens with one attached hydrogen (secondary N) is 1. The van der Waals surface area contributed by atoms with E-state index in [-0.39, 0.29) is 17.5 Å². The third kappa shape index (κ3) is 2.78. The first-order chi connectivity index (χ1) is 10.5. The first kappa shape index (κ1) is 15.2. The molecule has 6 nitrogen and oxygen atoms in total. The molecule has 0 aromatic carbocycles. The van der Waals surface area contributed by atoms with E-state index in [1.165, 1.54) is 11.3 Å². The fraction of sp³-hybridized carbons (Fsp3) is 0.533. The van der Waals surface area contributed by atoms with Crippen LogP contribution >= 0.6 is 11.3 Å². The quantitative estimate of drug-likeness (QED) is 0.885. The van der Waals surface area contributed by atoms with E-state index in [1.54, 1.807) is 4.90 Å². The molecule has 1 fully saturated rings. The Bertz CT molecular complexity index is 780. The standard InChI is InChI=1S/C15H20N4O2S/c1-8-9(2)22-15-13(8)14(21)17-11(18-15)3-4-12(20)19-6-5-10(16)7-19/h10H,3-7,16H2,1-2H3,(H,17,18,21)/t10-/m1/s1. The molecule has 1 amide bonds. The molecule has 1 aliphatic rings. The molecule has 3 heterocycles. The number of likely N-dealkylation sites (tertiary alicyclic amines) is 1. The second-order valence-corrected chi connectivity index (χ2v) is 7.07. The molecule has 0 radical (unpaired) electrons. The highest BCUT2D eigenvalue weighted by Gasteiger charge is 2.23. The molecule has 1 aliphatic heterocycles. The first-order valence-corrected chi connectivity index (χ1v) is 8.29. The molecule has 2 aromatic rings. The van der Waals surface area contributed by atoms with Gasteiger partial charge in [-0.1, -0.05) is 0 Å². The number of fused-ring (bicyclic) bond motifs is 1. The monoisotopic (exact) mass is 320 g/mol. The number of hydrogen-bond acceptors (Lipinski definition) is 5.